The second-order valence-corrected chi connectivity index (χ2v) is 9.20. The summed E-state index contributed by atoms with van der Waals surface area (Å²) in [7, 11) is 5.66. The predicted octanol–water partition coefficient (Wildman–Crippen LogP) is 3.16. The van der Waals surface area contributed by atoms with Gasteiger partial charge in [0.2, 0.25) is 5.91 Å². The van der Waals surface area contributed by atoms with Crippen LogP contribution in [0.2, 0.25) is 0 Å². The number of nitrogens with zero attached hydrogens (tertiary/aromatic N) is 3. The SMILES string of the molecule is CC1=C(C(=O)N(C)C)CCC=C1NC1C(=NC(C(C)C)C(C)C)NSN1C. The fourth-order valence-electron chi connectivity index (χ4n) is 3.60. The van der Waals surface area contributed by atoms with Crippen LogP contribution in [0.3, 0.4) is 0 Å². The largest absolute Gasteiger partial charge is 0.363 e. The fourth-order valence-corrected chi connectivity index (χ4v) is 4.26. The molecular weight excluding hydrogens is 358 g/mol. The van der Waals surface area contributed by atoms with E-state index in [2.05, 4.69) is 48.1 Å². The van der Waals surface area contributed by atoms with Crippen LogP contribution in [0.15, 0.2) is 27.9 Å². The van der Waals surface area contributed by atoms with Crippen molar-refractivity contribution >= 4 is 23.9 Å². The first kappa shape index (κ1) is 21.8. The molecule has 1 heterocycles. The number of amides is 1. The van der Waals surface area contributed by atoms with Gasteiger partial charge in [-0.05, 0) is 37.2 Å². The standard InChI is InChI=1S/C20H35N5OS/c1-12(2)17(13(3)4)22-18-19(25(8)27-23-18)21-16-11-9-10-15(14(16)5)20(26)24(6)7/h11-13,17,19,21H,9-10H2,1-8H3,(H,22,23). The van der Waals surface area contributed by atoms with Crippen molar-refractivity contribution < 1.29 is 4.79 Å². The van der Waals surface area contributed by atoms with Crippen LogP contribution in [0, 0.1) is 11.8 Å². The molecule has 2 N–H and O–H groups in total. The maximum Gasteiger partial charge on any atom is 0.249 e. The predicted molar refractivity (Wildman–Crippen MR) is 115 cm³/mol. The number of carbonyl (C=O) groups is 1. The van der Waals surface area contributed by atoms with Gasteiger partial charge in [-0.3, -0.25) is 9.79 Å². The second-order valence-electron chi connectivity index (χ2n) is 8.24. The third-order valence-corrected chi connectivity index (χ3v) is 5.93. The van der Waals surface area contributed by atoms with Crippen LogP contribution in [0.5, 0.6) is 0 Å². The first-order valence-electron chi connectivity index (χ1n) is 9.75. The maximum absolute atomic E-state index is 12.5. The van der Waals surface area contributed by atoms with Crippen LogP contribution in [0.4, 0.5) is 0 Å². The molecule has 0 aromatic rings. The van der Waals surface area contributed by atoms with Gasteiger partial charge in [-0.15, -0.1) is 0 Å². The van der Waals surface area contributed by atoms with Crippen LogP contribution >= 0.6 is 12.1 Å². The van der Waals surface area contributed by atoms with E-state index < -0.39 is 0 Å². The summed E-state index contributed by atoms with van der Waals surface area (Å²) in [5, 5.41) is 3.62. The van der Waals surface area contributed by atoms with Gasteiger partial charge < -0.3 is 14.9 Å². The Bertz CT molecular complexity index is 643. The molecule has 0 radical (unpaired) electrons. The number of hydrogen-bond donors (Lipinski definition) is 2. The topological polar surface area (TPSA) is 60.0 Å². The molecule has 152 valence electrons. The van der Waals surface area contributed by atoms with E-state index in [1.165, 1.54) is 0 Å². The average molecular weight is 394 g/mol. The lowest BCUT2D eigenvalue weighted by molar-refractivity contribution is -0.124. The first-order valence-corrected chi connectivity index (χ1v) is 10.5. The highest BCUT2D eigenvalue weighted by atomic mass is 32.2. The van der Waals surface area contributed by atoms with Crippen molar-refractivity contribution in [1.82, 2.24) is 19.2 Å². The number of hydrogen-bond acceptors (Lipinski definition) is 5. The van der Waals surface area contributed by atoms with E-state index in [1.807, 2.05) is 28.1 Å². The molecular formula is C20H35N5OS. The minimum Gasteiger partial charge on any atom is -0.363 e. The van der Waals surface area contributed by atoms with Crippen LogP contribution in [-0.4, -0.2) is 54.3 Å². The van der Waals surface area contributed by atoms with E-state index in [9.17, 15) is 4.79 Å². The Morgan fingerprint density at radius 3 is 2.52 bits per heavy atom. The van der Waals surface area contributed by atoms with Crippen molar-refractivity contribution in [1.29, 1.82) is 0 Å². The molecule has 1 unspecified atom stereocenters. The number of aliphatic imine (C=N–C) groups is 1. The molecule has 2 aliphatic rings. The van der Waals surface area contributed by atoms with Crippen molar-refractivity contribution in [3.05, 3.63) is 22.9 Å². The lowest BCUT2D eigenvalue weighted by atomic mass is 9.93. The highest BCUT2D eigenvalue weighted by Gasteiger charge is 2.32. The third-order valence-electron chi connectivity index (χ3n) is 5.13. The van der Waals surface area contributed by atoms with Gasteiger partial charge >= 0.3 is 0 Å². The van der Waals surface area contributed by atoms with Gasteiger partial charge in [0, 0.05) is 44.5 Å². The van der Waals surface area contributed by atoms with Crippen molar-refractivity contribution in [3.63, 3.8) is 0 Å². The summed E-state index contributed by atoms with van der Waals surface area (Å²) in [6.45, 7) is 10.9. The zero-order chi connectivity index (χ0) is 20.3. The smallest absolute Gasteiger partial charge is 0.249 e. The second kappa shape index (κ2) is 9.15. The lowest BCUT2D eigenvalue weighted by Gasteiger charge is -2.27. The van der Waals surface area contributed by atoms with Gasteiger partial charge in [0.15, 0.2) is 0 Å². The number of carbonyl (C=O) groups excluding carboxylic acids is 1. The van der Waals surface area contributed by atoms with Crippen molar-refractivity contribution in [3.8, 4) is 0 Å². The molecule has 1 fully saturated rings. The van der Waals surface area contributed by atoms with Gasteiger partial charge in [-0.1, -0.05) is 33.8 Å². The highest BCUT2D eigenvalue weighted by Crippen LogP contribution is 2.27. The number of rotatable bonds is 6. The van der Waals surface area contributed by atoms with E-state index in [1.54, 1.807) is 17.0 Å². The minimum absolute atomic E-state index is 0.0370. The molecule has 0 aromatic carbocycles. The zero-order valence-electron chi connectivity index (χ0n) is 18.0. The summed E-state index contributed by atoms with van der Waals surface area (Å²) < 4.78 is 5.50. The molecule has 6 nitrogen and oxygen atoms in total. The Kier molecular flexibility index (Phi) is 7.40. The van der Waals surface area contributed by atoms with Gasteiger partial charge in [-0.2, -0.15) is 0 Å². The van der Waals surface area contributed by atoms with Gasteiger partial charge in [0.25, 0.3) is 0 Å². The normalized spacial score (nSPS) is 22.7. The summed E-state index contributed by atoms with van der Waals surface area (Å²) in [6.07, 6.45) is 3.83. The molecule has 27 heavy (non-hydrogen) atoms. The molecule has 0 spiro atoms. The van der Waals surface area contributed by atoms with E-state index in [4.69, 9.17) is 4.99 Å². The molecule has 0 bridgehead atoms. The molecule has 1 aliphatic carbocycles. The van der Waals surface area contributed by atoms with Crippen LogP contribution < -0.4 is 10.0 Å². The number of amidine groups is 1. The van der Waals surface area contributed by atoms with Crippen LogP contribution in [-0.2, 0) is 4.79 Å². The Morgan fingerprint density at radius 1 is 1.33 bits per heavy atom. The Labute approximate surface area is 168 Å². The van der Waals surface area contributed by atoms with E-state index in [-0.39, 0.29) is 18.1 Å². The summed E-state index contributed by atoms with van der Waals surface area (Å²) in [4.78, 5) is 19.2. The van der Waals surface area contributed by atoms with Crippen LogP contribution in [0.25, 0.3) is 0 Å². The molecule has 0 aromatic heterocycles. The summed E-state index contributed by atoms with van der Waals surface area (Å²) in [5.74, 6) is 2.02. The maximum atomic E-state index is 12.5. The minimum atomic E-state index is -0.0370. The third kappa shape index (κ3) is 5.08. The molecule has 1 atom stereocenters. The Hall–Kier alpha value is -1.47. The Morgan fingerprint density at radius 2 is 1.96 bits per heavy atom. The van der Waals surface area contributed by atoms with Gasteiger partial charge in [0.05, 0.1) is 6.04 Å². The molecule has 2 rings (SSSR count). The Balaban J connectivity index is 2.26. The number of nitrogens with one attached hydrogen (secondary N) is 2. The monoisotopic (exact) mass is 393 g/mol. The number of likely N-dealkylation sites (N-methyl/N-ethyl adjacent to an activating group) is 2. The summed E-state index contributed by atoms with van der Waals surface area (Å²) in [6, 6.07) is 0.270. The van der Waals surface area contributed by atoms with E-state index in [0.717, 1.165) is 35.5 Å². The molecule has 7 heteroatoms. The number of allylic oxidation sites excluding steroid dienone is 2. The van der Waals surface area contributed by atoms with E-state index in [0.29, 0.717) is 11.8 Å². The zero-order valence-corrected chi connectivity index (χ0v) is 18.8. The average Bonchev–Trinajstić information content (AvgIpc) is 2.93. The van der Waals surface area contributed by atoms with Gasteiger partial charge in [-0.25, -0.2) is 4.31 Å². The van der Waals surface area contributed by atoms with E-state index >= 15 is 0 Å². The molecule has 0 saturated carbocycles. The van der Waals surface area contributed by atoms with Crippen LogP contribution in [0.1, 0.15) is 47.5 Å². The van der Waals surface area contributed by atoms with Crippen molar-refractivity contribution in [2.24, 2.45) is 16.8 Å². The highest BCUT2D eigenvalue weighted by molar-refractivity contribution is 7.96. The van der Waals surface area contributed by atoms with Crippen molar-refractivity contribution in [2.45, 2.75) is 59.7 Å². The quantitative estimate of drug-likeness (QED) is 0.679. The first-order chi connectivity index (χ1) is 12.6. The summed E-state index contributed by atoms with van der Waals surface area (Å²) in [5.41, 5.74) is 2.96. The van der Waals surface area contributed by atoms with Crippen molar-refractivity contribution in [2.75, 3.05) is 21.1 Å². The molecule has 1 aliphatic heterocycles. The molecule has 1 saturated heterocycles. The van der Waals surface area contributed by atoms with Gasteiger partial charge in [0.1, 0.15) is 12.0 Å². The lowest BCUT2D eigenvalue weighted by Crippen LogP contribution is -2.44. The summed E-state index contributed by atoms with van der Waals surface area (Å²) >= 11 is 1.55. The fraction of sp³-hybridized carbons (Fsp3) is 0.700. The molecule has 1 amide bonds.